The Labute approximate surface area is 152 Å². The van der Waals surface area contributed by atoms with Crippen LogP contribution in [0.15, 0.2) is 29.3 Å². The molecular formula is C20H34N4O. The van der Waals surface area contributed by atoms with Gasteiger partial charge < -0.3 is 15.4 Å². The smallest absolute Gasteiger partial charge is 0.191 e. The Bertz CT molecular complexity index is 527. The first-order valence-corrected chi connectivity index (χ1v) is 9.51. The molecule has 1 aromatic rings. The Kier molecular flexibility index (Phi) is 8.06. The van der Waals surface area contributed by atoms with Gasteiger partial charge in [0, 0.05) is 25.7 Å². The van der Waals surface area contributed by atoms with Gasteiger partial charge >= 0.3 is 0 Å². The molecule has 1 saturated heterocycles. The van der Waals surface area contributed by atoms with E-state index >= 15 is 0 Å². The van der Waals surface area contributed by atoms with E-state index in [-0.39, 0.29) is 0 Å². The minimum atomic E-state index is 0.618. The van der Waals surface area contributed by atoms with Crippen LogP contribution in [-0.2, 0) is 6.54 Å². The minimum absolute atomic E-state index is 0.618. The highest BCUT2D eigenvalue weighted by Gasteiger charge is 2.24. The van der Waals surface area contributed by atoms with Gasteiger partial charge in [-0.3, -0.25) is 4.90 Å². The monoisotopic (exact) mass is 346 g/mol. The molecule has 2 N–H and O–H groups in total. The SMILES string of the molecule is CCNC(=NCc1ccc(OC)cc1)NC[C@H]1CCCN1CC(C)C. The van der Waals surface area contributed by atoms with Gasteiger partial charge in [0.15, 0.2) is 5.96 Å². The second kappa shape index (κ2) is 10.3. The van der Waals surface area contributed by atoms with Crippen molar-refractivity contribution in [3.05, 3.63) is 29.8 Å². The van der Waals surface area contributed by atoms with E-state index < -0.39 is 0 Å². The third-order valence-electron chi connectivity index (χ3n) is 4.53. The zero-order valence-corrected chi connectivity index (χ0v) is 16.2. The average Bonchev–Trinajstić information content (AvgIpc) is 3.04. The minimum Gasteiger partial charge on any atom is -0.497 e. The maximum absolute atomic E-state index is 5.20. The Morgan fingerprint density at radius 3 is 2.68 bits per heavy atom. The van der Waals surface area contributed by atoms with Gasteiger partial charge in [-0.2, -0.15) is 0 Å². The van der Waals surface area contributed by atoms with Gasteiger partial charge in [-0.1, -0.05) is 26.0 Å². The van der Waals surface area contributed by atoms with Crippen LogP contribution in [0.3, 0.4) is 0 Å². The zero-order valence-electron chi connectivity index (χ0n) is 16.2. The van der Waals surface area contributed by atoms with E-state index in [2.05, 4.69) is 48.4 Å². The summed E-state index contributed by atoms with van der Waals surface area (Å²) < 4.78 is 5.20. The van der Waals surface area contributed by atoms with Crippen LogP contribution in [0.1, 0.15) is 39.2 Å². The molecule has 1 aliphatic heterocycles. The number of likely N-dealkylation sites (tertiary alicyclic amines) is 1. The molecule has 0 bridgehead atoms. The Morgan fingerprint density at radius 1 is 1.28 bits per heavy atom. The van der Waals surface area contributed by atoms with Crippen LogP contribution in [0.4, 0.5) is 0 Å². The highest BCUT2D eigenvalue weighted by Crippen LogP contribution is 2.18. The van der Waals surface area contributed by atoms with Gasteiger partial charge in [-0.05, 0) is 49.9 Å². The predicted molar refractivity (Wildman–Crippen MR) is 105 cm³/mol. The lowest BCUT2D eigenvalue weighted by Gasteiger charge is -2.27. The number of hydrogen-bond donors (Lipinski definition) is 2. The third kappa shape index (κ3) is 6.58. The van der Waals surface area contributed by atoms with Crippen molar-refractivity contribution in [2.24, 2.45) is 10.9 Å². The van der Waals surface area contributed by atoms with Gasteiger partial charge in [0.25, 0.3) is 0 Å². The van der Waals surface area contributed by atoms with Gasteiger partial charge in [-0.15, -0.1) is 0 Å². The molecule has 1 atom stereocenters. The number of aliphatic imine (C=N–C) groups is 1. The fraction of sp³-hybridized carbons (Fsp3) is 0.650. The summed E-state index contributed by atoms with van der Waals surface area (Å²) in [6, 6.07) is 8.70. The molecule has 0 spiro atoms. The van der Waals surface area contributed by atoms with E-state index in [9.17, 15) is 0 Å². The normalized spacial score (nSPS) is 18.6. The Balaban J connectivity index is 1.88. The van der Waals surface area contributed by atoms with Gasteiger partial charge in [-0.25, -0.2) is 4.99 Å². The quantitative estimate of drug-likeness (QED) is 0.561. The lowest BCUT2D eigenvalue weighted by atomic mass is 10.1. The molecular weight excluding hydrogens is 312 g/mol. The van der Waals surface area contributed by atoms with Crippen molar-refractivity contribution in [3.63, 3.8) is 0 Å². The van der Waals surface area contributed by atoms with Crippen molar-refractivity contribution in [2.75, 3.05) is 33.3 Å². The molecule has 0 radical (unpaired) electrons. The first kappa shape index (κ1) is 19.6. The lowest BCUT2D eigenvalue weighted by molar-refractivity contribution is 0.226. The highest BCUT2D eigenvalue weighted by atomic mass is 16.5. The maximum atomic E-state index is 5.20. The maximum Gasteiger partial charge on any atom is 0.191 e. The van der Waals surface area contributed by atoms with Crippen molar-refractivity contribution in [2.45, 2.75) is 46.2 Å². The lowest BCUT2D eigenvalue weighted by Crippen LogP contribution is -2.45. The van der Waals surface area contributed by atoms with Crippen LogP contribution < -0.4 is 15.4 Å². The van der Waals surface area contributed by atoms with Crippen LogP contribution in [0.25, 0.3) is 0 Å². The standard InChI is InChI=1S/C20H34N4O/c1-5-21-20(22-13-17-8-10-19(25-4)11-9-17)23-14-18-7-6-12-24(18)15-16(2)3/h8-11,16,18H,5-7,12-15H2,1-4H3,(H2,21,22,23)/t18-/m1/s1. The third-order valence-corrected chi connectivity index (χ3v) is 4.53. The number of ether oxygens (including phenoxy) is 1. The van der Waals surface area contributed by atoms with Crippen LogP contribution in [-0.4, -0.2) is 50.2 Å². The van der Waals surface area contributed by atoms with Crippen molar-refractivity contribution >= 4 is 5.96 Å². The average molecular weight is 347 g/mol. The van der Waals surface area contributed by atoms with E-state index in [0.717, 1.165) is 30.7 Å². The second-order valence-corrected chi connectivity index (χ2v) is 7.11. The van der Waals surface area contributed by atoms with E-state index in [4.69, 9.17) is 9.73 Å². The Hall–Kier alpha value is -1.75. The molecule has 140 valence electrons. The first-order chi connectivity index (χ1) is 12.1. The molecule has 1 fully saturated rings. The zero-order chi connectivity index (χ0) is 18.1. The molecule has 5 nitrogen and oxygen atoms in total. The molecule has 0 aliphatic carbocycles. The van der Waals surface area contributed by atoms with Crippen LogP contribution >= 0.6 is 0 Å². The molecule has 25 heavy (non-hydrogen) atoms. The van der Waals surface area contributed by atoms with E-state index in [1.165, 1.54) is 31.5 Å². The molecule has 0 amide bonds. The summed E-state index contributed by atoms with van der Waals surface area (Å²) in [5.74, 6) is 2.50. The fourth-order valence-corrected chi connectivity index (χ4v) is 3.29. The number of hydrogen-bond acceptors (Lipinski definition) is 3. The Morgan fingerprint density at radius 2 is 2.04 bits per heavy atom. The van der Waals surface area contributed by atoms with Crippen molar-refractivity contribution in [3.8, 4) is 5.75 Å². The summed E-state index contributed by atoms with van der Waals surface area (Å²) in [6.45, 7) is 11.6. The summed E-state index contributed by atoms with van der Waals surface area (Å²) in [5, 5.41) is 6.88. The van der Waals surface area contributed by atoms with Crippen molar-refractivity contribution < 1.29 is 4.74 Å². The van der Waals surface area contributed by atoms with Crippen LogP contribution in [0, 0.1) is 5.92 Å². The van der Waals surface area contributed by atoms with Gasteiger partial charge in [0.2, 0.25) is 0 Å². The molecule has 5 heteroatoms. The molecule has 1 aliphatic rings. The number of nitrogens with zero attached hydrogens (tertiary/aromatic N) is 2. The van der Waals surface area contributed by atoms with Crippen LogP contribution in [0.2, 0.25) is 0 Å². The number of benzene rings is 1. The predicted octanol–water partition coefficient (Wildman–Crippen LogP) is 2.87. The fourth-order valence-electron chi connectivity index (χ4n) is 3.29. The molecule has 1 heterocycles. The summed E-state index contributed by atoms with van der Waals surface area (Å²) in [4.78, 5) is 7.34. The van der Waals surface area contributed by atoms with E-state index in [1.807, 2.05) is 12.1 Å². The van der Waals surface area contributed by atoms with Gasteiger partial charge in [0.1, 0.15) is 5.75 Å². The number of nitrogens with one attached hydrogen (secondary N) is 2. The van der Waals surface area contributed by atoms with E-state index in [0.29, 0.717) is 12.6 Å². The first-order valence-electron chi connectivity index (χ1n) is 9.51. The summed E-state index contributed by atoms with van der Waals surface area (Å²) in [5.41, 5.74) is 1.18. The number of rotatable bonds is 8. The van der Waals surface area contributed by atoms with Gasteiger partial charge in [0.05, 0.1) is 13.7 Å². The largest absolute Gasteiger partial charge is 0.497 e. The molecule has 0 unspecified atom stereocenters. The second-order valence-electron chi connectivity index (χ2n) is 7.11. The van der Waals surface area contributed by atoms with Crippen molar-refractivity contribution in [1.29, 1.82) is 0 Å². The highest BCUT2D eigenvalue weighted by molar-refractivity contribution is 5.79. The number of guanidine groups is 1. The molecule has 2 rings (SSSR count). The topological polar surface area (TPSA) is 48.9 Å². The molecule has 0 saturated carbocycles. The van der Waals surface area contributed by atoms with E-state index in [1.54, 1.807) is 7.11 Å². The number of methoxy groups -OCH3 is 1. The van der Waals surface area contributed by atoms with Crippen LogP contribution in [0.5, 0.6) is 5.75 Å². The summed E-state index contributed by atoms with van der Waals surface area (Å²) in [7, 11) is 1.69. The summed E-state index contributed by atoms with van der Waals surface area (Å²) >= 11 is 0. The molecule has 1 aromatic carbocycles. The van der Waals surface area contributed by atoms with Crippen molar-refractivity contribution in [1.82, 2.24) is 15.5 Å². The summed E-state index contributed by atoms with van der Waals surface area (Å²) in [6.07, 6.45) is 2.58. The molecule has 0 aromatic heterocycles.